The second kappa shape index (κ2) is 4.21. The van der Waals surface area contributed by atoms with Crippen molar-refractivity contribution in [2.45, 2.75) is 26.2 Å². The summed E-state index contributed by atoms with van der Waals surface area (Å²) < 4.78 is 0. The molecule has 0 aliphatic heterocycles. The molecule has 0 aromatic carbocycles. The van der Waals surface area contributed by atoms with Gasteiger partial charge in [0.1, 0.15) is 0 Å². The van der Waals surface area contributed by atoms with Crippen molar-refractivity contribution in [1.82, 2.24) is 4.98 Å². The number of hydrogen-bond donors (Lipinski definition) is 1. The minimum Gasteiger partial charge on any atom is -0.330 e. The van der Waals surface area contributed by atoms with Crippen LogP contribution in [-0.2, 0) is 6.42 Å². The van der Waals surface area contributed by atoms with Crippen LogP contribution in [0.5, 0.6) is 0 Å². The summed E-state index contributed by atoms with van der Waals surface area (Å²) in [7, 11) is 0. The predicted octanol–water partition coefficient (Wildman–Crippen LogP) is 1.71. The Labute approximate surface area is 73.8 Å². The lowest BCUT2D eigenvalue weighted by Crippen LogP contribution is -2.03. The van der Waals surface area contributed by atoms with Gasteiger partial charge in [0.15, 0.2) is 0 Å². The zero-order chi connectivity index (χ0) is 8.97. The van der Waals surface area contributed by atoms with Crippen LogP contribution in [0.1, 0.15) is 30.9 Å². The fourth-order valence-corrected chi connectivity index (χ4v) is 1.13. The number of pyridine rings is 1. The van der Waals surface area contributed by atoms with Crippen LogP contribution < -0.4 is 5.73 Å². The first-order valence-corrected chi connectivity index (χ1v) is 4.38. The Bertz CT molecular complexity index is 243. The van der Waals surface area contributed by atoms with Gasteiger partial charge in [0, 0.05) is 12.4 Å². The van der Waals surface area contributed by atoms with Gasteiger partial charge < -0.3 is 5.73 Å². The van der Waals surface area contributed by atoms with Gasteiger partial charge in [0.2, 0.25) is 0 Å². The first-order chi connectivity index (χ1) is 5.74. The van der Waals surface area contributed by atoms with Gasteiger partial charge in [-0.25, -0.2) is 0 Å². The Hall–Kier alpha value is -0.890. The fourth-order valence-electron chi connectivity index (χ4n) is 1.13. The van der Waals surface area contributed by atoms with Crippen LogP contribution >= 0.6 is 0 Å². The van der Waals surface area contributed by atoms with Gasteiger partial charge in [-0.1, -0.05) is 19.9 Å². The highest BCUT2D eigenvalue weighted by molar-refractivity contribution is 5.20. The zero-order valence-electron chi connectivity index (χ0n) is 7.75. The van der Waals surface area contributed by atoms with Gasteiger partial charge in [-0.3, -0.25) is 4.98 Å². The maximum atomic E-state index is 5.46. The number of rotatable bonds is 3. The molecule has 1 heterocycles. The van der Waals surface area contributed by atoms with E-state index in [0.717, 1.165) is 6.42 Å². The molecule has 1 aromatic heterocycles. The molecule has 0 aliphatic rings. The molecule has 0 saturated heterocycles. The van der Waals surface area contributed by atoms with E-state index in [4.69, 9.17) is 5.73 Å². The molecule has 1 rings (SSSR count). The fraction of sp³-hybridized carbons (Fsp3) is 0.500. The third-order valence-corrected chi connectivity index (χ3v) is 1.92. The van der Waals surface area contributed by atoms with Gasteiger partial charge in [-0.2, -0.15) is 0 Å². The standard InChI is InChI=1S/C10H16N2/c1-8(2)10-5-9(3-4-11)6-12-7-10/h5-8H,3-4,11H2,1-2H3. The van der Waals surface area contributed by atoms with Crippen LogP contribution in [-0.4, -0.2) is 11.5 Å². The summed E-state index contributed by atoms with van der Waals surface area (Å²) in [5.41, 5.74) is 7.99. The summed E-state index contributed by atoms with van der Waals surface area (Å²) in [5, 5.41) is 0. The first kappa shape index (κ1) is 9.20. The molecule has 0 radical (unpaired) electrons. The molecule has 0 aliphatic carbocycles. The highest BCUT2D eigenvalue weighted by atomic mass is 14.6. The van der Waals surface area contributed by atoms with Gasteiger partial charge in [-0.15, -0.1) is 0 Å². The molecule has 12 heavy (non-hydrogen) atoms. The Morgan fingerprint density at radius 2 is 2.17 bits per heavy atom. The molecule has 2 nitrogen and oxygen atoms in total. The molecule has 0 fully saturated rings. The number of nitrogens with two attached hydrogens (primary N) is 1. The average Bonchev–Trinajstić information content (AvgIpc) is 2.05. The largest absolute Gasteiger partial charge is 0.330 e. The van der Waals surface area contributed by atoms with Crippen molar-refractivity contribution in [1.29, 1.82) is 0 Å². The van der Waals surface area contributed by atoms with E-state index in [9.17, 15) is 0 Å². The molecule has 1 aromatic rings. The summed E-state index contributed by atoms with van der Waals surface area (Å²) in [6, 6.07) is 2.19. The quantitative estimate of drug-likeness (QED) is 0.738. The average molecular weight is 164 g/mol. The lowest BCUT2D eigenvalue weighted by atomic mass is 10.0. The molecule has 0 atom stereocenters. The second-order valence-corrected chi connectivity index (χ2v) is 3.32. The highest BCUT2D eigenvalue weighted by Crippen LogP contribution is 2.13. The molecule has 0 bridgehead atoms. The Morgan fingerprint density at radius 3 is 2.75 bits per heavy atom. The molecule has 0 amide bonds. The van der Waals surface area contributed by atoms with Gasteiger partial charge in [0.25, 0.3) is 0 Å². The van der Waals surface area contributed by atoms with Crippen LogP contribution in [0.4, 0.5) is 0 Å². The summed E-state index contributed by atoms with van der Waals surface area (Å²) >= 11 is 0. The molecule has 2 N–H and O–H groups in total. The lowest BCUT2D eigenvalue weighted by molar-refractivity contribution is 0.847. The van der Waals surface area contributed by atoms with Crippen molar-refractivity contribution in [2.24, 2.45) is 5.73 Å². The van der Waals surface area contributed by atoms with Crippen molar-refractivity contribution in [3.8, 4) is 0 Å². The highest BCUT2D eigenvalue weighted by Gasteiger charge is 1.99. The van der Waals surface area contributed by atoms with Crippen LogP contribution in [0, 0.1) is 0 Å². The van der Waals surface area contributed by atoms with E-state index in [-0.39, 0.29) is 0 Å². The van der Waals surface area contributed by atoms with Crippen LogP contribution in [0.2, 0.25) is 0 Å². The Kier molecular flexibility index (Phi) is 3.23. The van der Waals surface area contributed by atoms with Gasteiger partial charge in [0.05, 0.1) is 0 Å². The van der Waals surface area contributed by atoms with Crippen molar-refractivity contribution >= 4 is 0 Å². The van der Waals surface area contributed by atoms with Crippen LogP contribution in [0.3, 0.4) is 0 Å². The maximum Gasteiger partial charge on any atom is 0.0302 e. The van der Waals surface area contributed by atoms with Crippen molar-refractivity contribution in [3.63, 3.8) is 0 Å². The Balaban J connectivity index is 2.81. The predicted molar refractivity (Wildman–Crippen MR) is 51.1 cm³/mol. The van der Waals surface area contributed by atoms with Crippen LogP contribution in [0.15, 0.2) is 18.5 Å². The number of nitrogens with zero attached hydrogens (tertiary/aromatic N) is 1. The molecule has 0 unspecified atom stereocenters. The Morgan fingerprint density at radius 1 is 1.42 bits per heavy atom. The van der Waals surface area contributed by atoms with E-state index in [1.807, 2.05) is 12.4 Å². The molecule has 0 spiro atoms. The molecule has 0 saturated carbocycles. The summed E-state index contributed by atoms with van der Waals surface area (Å²) in [4.78, 5) is 4.17. The van der Waals surface area contributed by atoms with E-state index in [2.05, 4.69) is 24.9 Å². The second-order valence-electron chi connectivity index (χ2n) is 3.32. The minimum absolute atomic E-state index is 0.551. The van der Waals surface area contributed by atoms with Gasteiger partial charge in [-0.05, 0) is 30.0 Å². The van der Waals surface area contributed by atoms with Crippen LogP contribution in [0.25, 0.3) is 0 Å². The number of hydrogen-bond acceptors (Lipinski definition) is 2. The van der Waals surface area contributed by atoms with E-state index in [1.165, 1.54) is 11.1 Å². The normalized spacial score (nSPS) is 10.7. The first-order valence-electron chi connectivity index (χ1n) is 4.38. The molecular weight excluding hydrogens is 148 g/mol. The van der Waals surface area contributed by atoms with E-state index < -0.39 is 0 Å². The molecule has 2 heteroatoms. The van der Waals surface area contributed by atoms with E-state index in [1.54, 1.807) is 0 Å². The van der Waals surface area contributed by atoms with Crippen molar-refractivity contribution in [3.05, 3.63) is 29.6 Å². The van der Waals surface area contributed by atoms with Crippen molar-refractivity contribution in [2.75, 3.05) is 6.54 Å². The summed E-state index contributed by atoms with van der Waals surface area (Å²) in [6.45, 7) is 5.04. The van der Waals surface area contributed by atoms with Gasteiger partial charge >= 0.3 is 0 Å². The summed E-state index contributed by atoms with van der Waals surface area (Å²) in [5.74, 6) is 0.551. The third-order valence-electron chi connectivity index (χ3n) is 1.92. The monoisotopic (exact) mass is 164 g/mol. The van der Waals surface area contributed by atoms with E-state index >= 15 is 0 Å². The maximum absolute atomic E-state index is 5.46. The third kappa shape index (κ3) is 2.31. The number of aromatic nitrogens is 1. The SMILES string of the molecule is CC(C)c1cncc(CCN)c1. The lowest BCUT2D eigenvalue weighted by Gasteiger charge is -2.05. The van der Waals surface area contributed by atoms with Crippen molar-refractivity contribution < 1.29 is 0 Å². The zero-order valence-corrected chi connectivity index (χ0v) is 7.75. The van der Waals surface area contributed by atoms with E-state index in [0.29, 0.717) is 12.5 Å². The molecular formula is C10H16N2. The smallest absolute Gasteiger partial charge is 0.0302 e. The minimum atomic E-state index is 0.551. The summed E-state index contributed by atoms with van der Waals surface area (Å²) in [6.07, 6.45) is 4.73. The molecule has 66 valence electrons. The topological polar surface area (TPSA) is 38.9 Å².